The summed E-state index contributed by atoms with van der Waals surface area (Å²) in [5, 5.41) is 21.5. The summed E-state index contributed by atoms with van der Waals surface area (Å²) < 4.78 is 0. The van der Waals surface area contributed by atoms with Crippen LogP contribution in [0.4, 0.5) is 5.69 Å². The van der Waals surface area contributed by atoms with Gasteiger partial charge in [-0.1, -0.05) is 5.16 Å². The number of aliphatic hydroxyl groups is 1. The largest absolute Gasteiger partial charge is 0.409 e. The number of amidine groups is 1. The van der Waals surface area contributed by atoms with Gasteiger partial charge in [0.2, 0.25) is 0 Å². The molecule has 1 rings (SSSR count). The number of nitrogens with two attached hydrogens (primary N) is 1. The second-order valence-corrected chi connectivity index (χ2v) is 5.26. The van der Waals surface area contributed by atoms with Crippen molar-refractivity contribution in [2.75, 3.05) is 18.6 Å². The molecule has 0 amide bonds. The van der Waals surface area contributed by atoms with E-state index in [1.807, 2.05) is 45.7 Å². The summed E-state index contributed by atoms with van der Waals surface area (Å²) in [4.78, 5) is 6.24. The number of rotatable bonds is 4. The van der Waals surface area contributed by atoms with E-state index in [9.17, 15) is 5.11 Å². The number of anilines is 1. The second kappa shape index (κ2) is 5.44. The van der Waals surface area contributed by atoms with E-state index in [1.54, 1.807) is 0 Å². The first kappa shape index (κ1) is 15.2. The molecular formula is C13H22N4O2. The number of hydrogen-bond donors (Lipinski definition) is 3. The highest BCUT2D eigenvalue weighted by Crippen LogP contribution is 2.28. The van der Waals surface area contributed by atoms with Crippen LogP contribution in [0, 0.1) is 13.8 Å². The van der Waals surface area contributed by atoms with Gasteiger partial charge in [0.25, 0.3) is 0 Å². The molecular weight excluding hydrogens is 244 g/mol. The van der Waals surface area contributed by atoms with Crippen molar-refractivity contribution in [1.82, 2.24) is 4.98 Å². The smallest absolute Gasteiger partial charge is 0.174 e. The number of aromatic nitrogens is 1. The van der Waals surface area contributed by atoms with Crippen molar-refractivity contribution in [2.24, 2.45) is 10.9 Å². The molecule has 106 valence electrons. The topological polar surface area (TPSA) is 95.0 Å². The molecule has 0 unspecified atom stereocenters. The lowest BCUT2D eigenvalue weighted by Gasteiger charge is -2.37. The molecule has 1 aromatic heterocycles. The lowest BCUT2D eigenvalue weighted by molar-refractivity contribution is 0.216. The Hall–Kier alpha value is -1.82. The lowest BCUT2D eigenvalue weighted by Crippen LogP contribution is -2.45. The first-order chi connectivity index (χ1) is 8.74. The molecule has 0 saturated carbocycles. The van der Waals surface area contributed by atoms with Gasteiger partial charge in [-0.05, 0) is 33.8 Å². The summed E-state index contributed by atoms with van der Waals surface area (Å²) in [6.07, 6.45) is 0. The normalized spacial score (nSPS) is 12.6. The molecule has 0 aliphatic heterocycles. The number of aryl methyl sites for hydroxylation is 2. The summed E-state index contributed by atoms with van der Waals surface area (Å²) in [6, 6.07) is 1.86. The minimum absolute atomic E-state index is 0.0144. The zero-order valence-corrected chi connectivity index (χ0v) is 12.1. The number of nitrogens with zero attached hydrogens (tertiary/aromatic N) is 3. The number of oxime groups is 1. The van der Waals surface area contributed by atoms with Gasteiger partial charge >= 0.3 is 0 Å². The van der Waals surface area contributed by atoms with Gasteiger partial charge in [0, 0.05) is 12.7 Å². The van der Waals surface area contributed by atoms with Crippen LogP contribution in [0.1, 0.15) is 30.8 Å². The van der Waals surface area contributed by atoms with E-state index in [0.29, 0.717) is 11.3 Å². The van der Waals surface area contributed by atoms with E-state index in [-0.39, 0.29) is 12.4 Å². The third kappa shape index (κ3) is 2.96. The van der Waals surface area contributed by atoms with Gasteiger partial charge in [0.05, 0.1) is 29.1 Å². The molecule has 0 aliphatic carbocycles. The van der Waals surface area contributed by atoms with Crippen molar-refractivity contribution in [1.29, 1.82) is 0 Å². The average Bonchev–Trinajstić information content (AvgIpc) is 2.36. The fourth-order valence-corrected chi connectivity index (χ4v) is 1.87. The summed E-state index contributed by atoms with van der Waals surface area (Å²) in [5.41, 5.74) is 8.15. The van der Waals surface area contributed by atoms with Gasteiger partial charge < -0.3 is 20.9 Å². The maximum Gasteiger partial charge on any atom is 0.174 e. The van der Waals surface area contributed by atoms with Crippen LogP contribution in [0.2, 0.25) is 0 Å². The molecule has 1 heterocycles. The van der Waals surface area contributed by atoms with Crippen LogP contribution >= 0.6 is 0 Å². The minimum atomic E-state index is -0.468. The Labute approximate surface area is 113 Å². The van der Waals surface area contributed by atoms with E-state index in [1.165, 1.54) is 0 Å². The molecule has 6 nitrogen and oxygen atoms in total. The monoisotopic (exact) mass is 266 g/mol. The van der Waals surface area contributed by atoms with E-state index < -0.39 is 5.54 Å². The molecule has 0 bridgehead atoms. The number of hydrogen-bond acceptors (Lipinski definition) is 5. The highest BCUT2D eigenvalue weighted by Gasteiger charge is 2.26. The molecule has 0 saturated heterocycles. The van der Waals surface area contributed by atoms with Gasteiger partial charge in [0.1, 0.15) is 0 Å². The lowest BCUT2D eigenvalue weighted by atomic mass is 10.0. The van der Waals surface area contributed by atoms with Crippen molar-refractivity contribution >= 4 is 11.5 Å². The van der Waals surface area contributed by atoms with Crippen LogP contribution in [0.15, 0.2) is 11.2 Å². The predicted octanol–water partition coefficient (Wildman–Crippen LogP) is 1.00. The SMILES string of the molecule is Cc1cc(N(C)C(C)(C)CO)c(/C(N)=N/O)c(C)n1. The third-order valence-electron chi connectivity index (χ3n) is 3.33. The standard InChI is InChI=1S/C13H22N4O2/c1-8-6-10(17(5)13(3,4)7-18)11(9(2)15-8)12(14)16-19/h6,18-19H,7H2,1-5H3,(H2,14,16). The van der Waals surface area contributed by atoms with Crippen molar-refractivity contribution in [2.45, 2.75) is 33.2 Å². The molecule has 19 heavy (non-hydrogen) atoms. The van der Waals surface area contributed by atoms with Crippen molar-refractivity contribution in [3.8, 4) is 0 Å². The van der Waals surface area contributed by atoms with E-state index in [4.69, 9.17) is 10.9 Å². The van der Waals surface area contributed by atoms with E-state index in [0.717, 1.165) is 11.4 Å². The molecule has 0 spiro atoms. The van der Waals surface area contributed by atoms with Crippen molar-refractivity contribution < 1.29 is 10.3 Å². The Morgan fingerprint density at radius 2 is 2.05 bits per heavy atom. The van der Waals surface area contributed by atoms with Crippen LogP contribution in [0.5, 0.6) is 0 Å². The molecule has 0 radical (unpaired) electrons. The van der Waals surface area contributed by atoms with E-state index >= 15 is 0 Å². The van der Waals surface area contributed by atoms with Crippen LogP contribution in [0.3, 0.4) is 0 Å². The van der Waals surface area contributed by atoms with Gasteiger partial charge in [-0.2, -0.15) is 0 Å². The maximum absolute atomic E-state index is 9.48. The quantitative estimate of drug-likeness (QED) is 0.327. The maximum atomic E-state index is 9.48. The Morgan fingerprint density at radius 1 is 1.47 bits per heavy atom. The molecule has 6 heteroatoms. The molecule has 0 aliphatic rings. The Bertz CT molecular complexity index is 498. The zero-order chi connectivity index (χ0) is 14.8. The van der Waals surface area contributed by atoms with Crippen LogP contribution in [-0.2, 0) is 0 Å². The number of likely N-dealkylation sites (N-methyl/N-ethyl adjacent to an activating group) is 1. The summed E-state index contributed by atoms with van der Waals surface area (Å²) in [5.74, 6) is 0.0144. The van der Waals surface area contributed by atoms with Gasteiger partial charge in [0.15, 0.2) is 5.84 Å². The molecule has 0 aromatic carbocycles. The Balaban J connectivity index is 3.49. The number of pyridine rings is 1. The van der Waals surface area contributed by atoms with Gasteiger partial charge in [-0.15, -0.1) is 0 Å². The average molecular weight is 266 g/mol. The molecule has 0 fully saturated rings. The fourth-order valence-electron chi connectivity index (χ4n) is 1.87. The van der Waals surface area contributed by atoms with Crippen molar-refractivity contribution in [3.05, 3.63) is 23.0 Å². The molecule has 4 N–H and O–H groups in total. The first-order valence-corrected chi connectivity index (χ1v) is 6.05. The summed E-state index contributed by atoms with van der Waals surface area (Å²) in [6.45, 7) is 7.50. The van der Waals surface area contributed by atoms with Gasteiger partial charge in [-0.3, -0.25) is 4.98 Å². The van der Waals surface area contributed by atoms with Crippen LogP contribution in [0.25, 0.3) is 0 Å². The zero-order valence-electron chi connectivity index (χ0n) is 12.1. The first-order valence-electron chi connectivity index (χ1n) is 6.05. The second-order valence-electron chi connectivity index (χ2n) is 5.26. The molecule has 1 aromatic rings. The van der Waals surface area contributed by atoms with Crippen LogP contribution < -0.4 is 10.6 Å². The fraction of sp³-hybridized carbons (Fsp3) is 0.538. The minimum Gasteiger partial charge on any atom is -0.409 e. The van der Waals surface area contributed by atoms with Crippen molar-refractivity contribution in [3.63, 3.8) is 0 Å². The summed E-state index contributed by atoms with van der Waals surface area (Å²) >= 11 is 0. The van der Waals surface area contributed by atoms with Gasteiger partial charge in [-0.25, -0.2) is 0 Å². The Morgan fingerprint density at radius 3 is 2.53 bits per heavy atom. The van der Waals surface area contributed by atoms with Crippen LogP contribution in [-0.4, -0.2) is 40.3 Å². The van der Waals surface area contributed by atoms with E-state index in [2.05, 4.69) is 10.1 Å². The Kier molecular flexibility index (Phi) is 4.36. The highest BCUT2D eigenvalue weighted by atomic mass is 16.4. The third-order valence-corrected chi connectivity index (χ3v) is 3.33. The molecule has 0 atom stereocenters. The summed E-state index contributed by atoms with van der Waals surface area (Å²) in [7, 11) is 1.86. The predicted molar refractivity (Wildman–Crippen MR) is 75.8 cm³/mol. The highest BCUT2D eigenvalue weighted by molar-refractivity contribution is 6.03. The number of aliphatic hydroxyl groups excluding tert-OH is 1.